The van der Waals surface area contributed by atoms with Gasteiger partial charge in [-0.05, 0) is 61.2 Å². The number of rotatable bonds is 11. The highest BCUT2D eigenvalue weighted by Crippen LogP contribution is 2.12. The van der Waals surface area contributed by atoms with E-state index in [9.17, 15) is 14.4 Å². The maximum atomic E-state index is 12.9. The van der Waals surface area contributed by atoms with Crippen molar-refractivity contribution in [3.05, 3.63) is 83.7 Å². The molecule has 1 heterocycles. The number of benzene rings is 2. The van der Waals surface area contributed by atoms with Gasteiger partial charge >= 0.3 is 0 Å². The summed E-state index contributed by atoms with van der Waals surface area (Å²) in [6.07, 6.45) is 5.82. The number of hydrogen-bond donors (Lipinski definition) is 3. The molecule has 0 spiro atoms. The van der Waals surface area contributed by atoms with E-state index in [1.165, 1.54) is 0 Å². The number of aromatic nitrogens is 2. The normalized spacial score (nSPS) is 11.5. The summed E-state index contributed by atoms with van der Waals surface area (Å²) < 4.78 is 1.54. The second kappa shape index (κ2) is 12.6. The predicted octanol–water partition coefficient (Wildman–Crippen LogP) is 3.00. The molecule has 178 valence electrons. The first-order chi connectivity index (χ1) is 16.4. The number of nitrogens with one attached hydrogen (secondary N) is 3. The van der Waals surface area contributed by atoms with Crippen molar-refractivity contribution < 1.29 is 14.4 Å². The molecule has 3 amide bonds. The Morgan fingerprint density at radius 1 is 1.09 bits per heavy atom. The Hall–Kier alpha value is -3.59. The second-order valence-corrected chi connectivity index (χ2v) is 8.83. The van der Waals surface area contributed by atoms with E-state index >= 15 is 0 Å². The lowest BCUT2D eigenvalue weighted by Crippen LogP contribution is -2.46. The number of amides is 3. The van der Waals surface area contributed by atoms with Gasteiger partial charge in [-0.15, -0.1) is 0 Å². The van der Waals surface area contributed by atoms with E-state index in [1.54, 1.807) is 53.1 Å². The van der Waals surface area contributed by atoms with E-state index in [1.807, 2.05) is 43.5 Å². The molecular formula is C25H29N5O3S. The number of nitrogens with zero attached hydrogens (tertiary/aromatic N) is 2. The first-order valence-electron chi connectivity index (χ1n) is 10.9. The SMILES string of the molecule is CSCCC(NC(=O)c1cccc(C)c1)C(=O)NCc1cccc(NC(=O)Cn2cccn2)c1. The van der Waals surface area contributed by atoms with Crippen LogP contribution in [0.3, 0.4) is 0 Å². The number of hydrogen-bond acceptors (Lipinski definition) is 5. The quantitative estimate of drug-likeness (QED) is 0.392. The van der Waals surface area contributed by atoms with Gasteiger partial charge in [0.2, 0.25) is 11.8 Å². The molecule has 9 heteroatoms. The molecule has 3 rings (SSSR count). The van der Waals surface area contributed by atoms with Crippen molar-refractivity contribution in [3.8, 4) is 0 Å². The van der Waals surface area contributed by atoms with Gasteiger partial charge in [0, 0.05) is 30.2 Å². The fourth-order valence-electron chi connectivity index (χ4n) is 3.35. The Bertz CT molecular complexity index is 1120. The average molecular weight is 480 g/mol. The zero-order valence-electron chi connectivity index (χ0n) is 19.3. The van der Waals surface area contributed by atoms with Crippen LogP contribution in [0, 0.1) is 6.92 Å². The molecule has 1 aromatic heterocycles. The molecule has 34 heavy (non-hydrogen) atoms. The highest BCUT2D eigenvalue weighted by Gasteiger charge is 2.21. The highest BCUT2D eigenvalue weighted by molar-refractivity contribution is 7.98. The molecule has 0 radical (unpaired) electrons. The topological polar surface area (TPSA) is 105 Å². The number of carbonyl (C=O) groups is 3. The predicted molar refractivity (Wildman–Crippen MR) is 135 cm³/mol. The Morgan fingerprint density at radius 2 is 1.91 bits per heavy atom. The van der Waals surface area contributed by atoms with Crippen LogP contribution in [0.1, 0.15) is 27.9 Å². The van der Waals surface area contributed by atoms with Crippen LogP contribution in [0.5, 0.6) is 0 Å². The van der Waals surface area contributed by atoms with Crippen molar-refractivity contribution in [1.82, 2.24) is 20.4 Å². The molecule has 0 fully saturated rings. The number of carbonyl (C=O) groups excluding carboxylic acids is 3. The van der Waals surface area contributed by atoms with Crippen molar-refractivity contribution in [2.75, 3.05) is 17.3 Å². The van der Waals surface area contributed by atoms with Crippen LogP contribution in [0.25, 0.3) is 0 Å². The number of anilines is 1. The fraction of sp³-hybridized carbons (Fsp3) is 0.280. The zero-order valence-corrected chi connectivity index (χ0v) is 20.1. The summed E-state index contributed by atoms with van der Waals surface area (Å²) in [4.78, 5) is 37.8. The monoisotopic (exact) mass is 479 g/mol. The van der Waals surface area contributed by atoms with Crippen LogP contribution in [-0.4, -0.2) is 45.6 Å². The third-order valence-corrected chi connectivity index (χ3v) is 5.70. The number of thioether (sulfide) groups is 1. The van der Waals surface area contributed by atoms with Gasteiger partial charge in [-0.25, -0.2) is 0 Å². The van der Waals surface area contributed by atoms with Crippen molar-refractivity contribution in [2.24, 2.45) is 0 Å². The Morgan fingerprint density at radius 3 is 2.65 bits per heavy atom. The van der Waals surface area contributed by atoms with Gasteiger partial charge in [0.25, 0.3) is 5.91 Å². The van der Waals surface area contributed by atoms with E-state index in [-0.39, 0.29) is 30.8 Å². The minimum Gasteiger partial charge on any atom is -0.350 e. The Kier molecular flexibility index (Phi) is 9.28. The maximum absolute atomic E-state index is 12.9. The molecule has 2 aromatic carbocycles. The first kappa shape index (κ1) is 25.0. The first-order valence-corrected chi connectivity index (χ1v) is 12.3. The summed E-state index contributed by atoms with van der Waals surface area (Å²) in [5.74, 6) is 0.0279. The third kappa shape index (κ3) is 7.77. The summed E-state index contributed by atoms with van der Waals surface area (Å²) in [6, 6.07) is 15.7. The molecule has 0 saturated carbocycles. The van der Waals surface area contributed by atoms with Crippen LogP contribution in [0.2, 0.25) is 0 Å². The molecule has 8 nitrogen and oxygen atoms in total. The van der Waals surface area contributed by atoms with Crippen LogP contribution >= 0.6 is 11.8 Å². The van der Waals surface area contributed by atoms with Crippen molar-refractivity contribution in [1.29, 1.82) is 0 Å². The summed E-state index contributed by atoms with van der Waals surface area (Å²) >= 11 is 1.62. The lowest BCUT2D eigenvalue weighted by atomic mass is 10.1. The summed E-state index contributed by atoms with van der Waals surface area (Å²) in [7, 11) is 0. The van der Waals surface area contributed by atoms with Gasteiger partial charge in [0.15, 0.2) is 0 Å². The van der Waals surface area contributed by atoms with Gasteiger partial charge in [0.1, 0.15) is 12.6 Å². The van der Waals surface area contributed by atoms with Crippen molar-refractivity contribution in [2.45, 2.75) is 32.5 Å². The van der Waals surface area contributed by atoms with Crippen LogP contribution < -0.4 is 16.0 Å². The van der Waals surface area contributed by atoms with Crippen LogP contribution in [0.15, 0.2) is 67.0 Å². The third-order valence-electron chi connectivity index (χ3n) is 5.06. The highest BCUT2D eigenvalue weighted by atomic mass is 32.2. The molecular weight excluding hydrogens is 450 g/mol. The van der Waals surface area contributed by atoms with E-state index in [4.69, 9.17) is 0 Å². The van der Waals surface area contributed by atoms with E-state index in [0.29, 0.717) is 17.7 Å². The van der Waals surface area contributed by atoms with Crippen LogP contribution in [0.4, 0.5) is 5.69 Å². The van der Waals surface area contributed by atoms with E-state index in [2.05, 4.69) is 21.0 Å². The fourth-order valence-corrected chi connectivity index (χ4v) is 3.82. The molecule has 0 saturated heterocycles. The smallest absolute Gasteiger partial charge is 0.251 e. The minimum absolute atomic E-state index is 0.117. The molecule has 0 aliphatic carbocycles. The lowest BCUT2D eigenvalue weighted by molar-refractivity contribution is -0.123. The molecule has 1 unspecified atom stereocenters. The van der Waals surface area contributed by atoms with E-state index < -0.39 is 6.04 Å². The second-order valence-electron chi connectivity index (χ2n) is 7.85. The molecule has 0 aliphatic heterocycles. The zero-order chi connectivity index (χ0) is 24.3. The van der Waals surface area contributed by atoms with Crippen molar-refractivity contribution >= 4 is 35.2 Å². The molecule has 3 N–H and O–H groups in total. The van der Waals surface area contributed by atoms with Crippen molar-refractivity contribution in [3.63, 3.8) is 0 Å². The summed E-state index contributed by atoms with van der Waals surface area (Å²) in [6.45, 7) is 2.31. The average Bonchev–Trinajstić information content (AvgIpc) is 3.33. The summed E-state index contributed by atoms with van der Waals surface area (Å²) in [5, 5.41) is 12.6. The van der Waals surface area contributed by atoms with E-state index in [0.717, 1.165) is 16.9 Å². The van der Waals surface area contributed by atoms with Gasteiger partial charge in [-0.2, -0.15) is 16.9 Å². The minimum atomic E-state index is -0.641. The van der Waals surface area contributed by atoms with Gasteiger partial charge < -0.3 is 16.0 Å². The largest absolute Gasteiger partial charge is 0.350 e. The van der Waals surface area contributed by atoms with Gasteiger partial charge in [0.05, 0.1) is 0 Å². The number of aryl methyl sites for hydroxylation is 1. The Balaban J connectivity index is 1.57. The molecule has 1 atom stereocenters. The molecule has 3 aromatic rings. The standard InChI is InChI=1S/C25H29N5O3S/c1-18-6-3-8-20(14-18)24(32)29-22(10-13-34-2)25(33)26-16-19-7-4-9-21(15-19)28-23(31)17-30-12-5-11-27-30/h3-9,11-12,14-15,22H,10,13,16-17H2,1-2H3,(H,26,33)(H,28,31)(H,29,32). The summed E-state index contributed by atoms with van der Waals surface area (Å²) in [5.41, 5.74) is 2.98. The van der Waals surface area contributed by atoms with Crippen LogP contribution in [-0.2, 0) is 22.7 Å². The maximum Gasteiger partial charge on any atom is 0.251 e. The molecule has 0 aliphatic rings. The lowest BCUT2D eigenvalue weighted by Gasteiger charge is -2.18. The molecule has 0 bridgehead atoms. The Labute approximate surface area is 203 Å². The van der Waals surface area contributed by atoms with Gasteiger partial charge in [-0.1, -0.05) is 29.8 Å². The van der Waals surface area contributed by atoms with Gasteiger partial charge in [-0.3, -0.25) is 19.1 Å².